The fraction of sp³-hybridized carbons (Fsp3) is 0.600. The molecule has 2 fully saturated rings. The van der Waals surface area contributed by atoms with Gasteiger partial charge in [-0.1, -0.05) is 76.1 Å². The maximum atomic E-state index is 10.7. The third-order valence-corrected chi connectivity index (χ3v) is 10.1. The van der Waals surface area contributed by atoms with Gasteiger partial charge in [0.05, 0.1) is 0 Å². The third-order valence-electron chi connectivity index (χ3n) is 10.1. The van der Waals surface area contributed by atoms with Crippen molar-refractivity contribution in [1.82, 2.24) is 5.32 Å². The fourth-order valence-electron chi connectivity index (χ4n) is 8.43. The molecule has 0 aromatic heterocycles. The Kier molecular flexibility index (Phi) is 8.15. The van der Waals surface area contributed by atoms with Crippen LogP contribution in [0.5, 0.6) is 5.75 Å². The van der Waals surface area contributed by atoms with E-state index in [0.717, 1.165) is 43.7 Å². The first-order valence-corrected chi connectivity index (χ1v) is 15.1. The number of aromatic hydroxyl groups is 1. The second kappa shape index (κ2) is 11.4. The van der Waals surface area contributed by atoms with Crippen LogP contribution >= 0.6 is 0 Å². The SMILES string of the molecule is CCNCc1ccccc1Cc1cc(O)cc(C[C@@H]2C[C@@H]([C@@]3(C)C=CC[C@H](C)C3)CC3(CCCC3)C2)c1. The summed E-state index contributed by atoms with van der Waals surface area (Å²) < 4.78 is 0. The Labute approximate surface area is 226 Å². The largest absolute Gasteiger partial charge is 0.508 e. The van der Waals surface area contributed by atoms with E-state index in [-0.39, 0.29) is 0 Å². The third kappa shape index (κ3) is 6.33. The molecule has 2 heteroatoms. The smallest absolute Gasteiger partial charge is 0.116 e. The minimum atomic E-state index is 0.353. The molecule has 200 valence electrons. The number of allylic oxidation sites excluding steroid dienone is 2. The van der Waals surface area contributed by atoms with Crippen molar-refractivity contribution in [2.45, 2.75) is 97.9 Å². The van der Waals surface area contributed by atoms with Gasteiger partial charge in [0.25, 0.3) is 0 Å². The summed E-state index contributed by atoms with van der Waals surface area (Å²) in [5, 5.41) is 14.2. The summed E-state index contributed by atoms with van der Waals surface area (Å²) in [5.74, 6) is 2.74. The standard InChI is InChI=1S/C35H49NO/c1-4-36-25-31-12-6-5-11-30(31)18-28-16-27(20-33(37)21-28)17-29-19-32(24-35(23-29)14-7-8-15-35)34(3)13-9-10-26(2)22-34/h5-6,9,11-13,16,20-21,26,29,32,36-37H,4,7-8,10,14-15,17-19,22-25H2,1-3H3/t26-,29+,32+,34-/m0/s1. The van der Waals surface area contributed by atoms with Crippen molar-refractivity contribution in [2.24, 2.45) is 28.6 Å². The van der Waals surface area contributed by atoms with Crippen molar-refractivity contribution in [3.8, 4) is 5.75 Å². The van der Waals surface area contributed by atoms with Gasteiger partial charge in [0.2, 0.25) is 0 Å². The molecule has 0 aliphatic heterocycles. The predicted octanol–water partition coefficient (Wildman–Crippen LogP) is 8.60. The Morgan fingerprint density at radius 3 is 2.49 bits per heavy atom. The van der Waals surface area contributed by atoms with E-state index < -0.39 is 0 Å². The molecule has 37 heavy (non-hydrogen) atoms. The molecular weight excluding hydrogens is 450 g/mol. The lowest BCUT2D eigenvalue weighted by Crippen LogP contribution is -2.40. The molecule has 5 rings (SSSR count). The van der Waals surface area contributed by atoms with Crippen molar-refractivity contribution < 1.29 is 5.11 Å². The molecule has 4 atom stereocenters. The molecule has 2 nitrogen and oxygen atoms in total. The topological polar surface area (TPSA) is 32.3 Å². The van der Waals surface area contributed by atoms with Crippen molar-refractivity contribution >= 4 is 0 Å². The molecule has 0 bridgehead atoms. The van der Waals surface area contributed by atoms with Gasteiger partial charge in [-0.15, -0.1) is 0 Å². The van der Waals surface area contributed by atoms with Crippen LogP contribution in [0.3, 0.4) is 0 Å². The van der Waals surface area contributed by atoms with Crippen LogP contribution in [-0.4, -0.2) is 11.7 Å². The van der Waals surface area contributed by atoms with Crippen LogP contribution in [0.1, 0.15) is 101 Å². The van der Waals surface area contributed by atoms with E-state index in [0.29, 0.717) is 16.6 Å². The van der Waals surface area contributed by atoms with Crippen LogP contribution in [0.15, 0.2) is 54.6 Å². The van der Waals surface area contributed by atoms with E-state index >= 15 is 0 Å². The highest BCUT2D eigenvalue weighted by Crippen LogP contribution is 2.58. The van der Waals surface area contributed by atoms with Crippen LogP contribution in [0.2, 0.25) is 0 Å². The number of hydrogen-bond donors (Lipinski definition) is 2. The maximum Gasteiger partial charge on any atom is 0.116 e. The minimum absolute atomic E-state index is 0.353. The van der Waals surface area contributed by atoms with Gasteiger partial charge in [-0.3, -0.25) is 0 Å². The Morgan fingerprint density at radius 1 is 0.973 bits per heavy atom. The molecule has 0 heterocycles. The molecule has 0 radical (unpaired) electrons. The quantitative estimate of drug-likeness (QED) is 0.356. The van der Waals surface area contributed by atoms with E-state index in [4.69, 9.17) is 0 Å². The van der Waals surface area contributed by atoms with Crippen molar-refractivity contribution in [2.75, 3.05) is 6.54 Å². The molecule has 2 aromatic carbocycles. The summed E-state index contributed by atoms with van der Waals surface area (Å²) in [5.41, 5.74) is 6.19. The molecule has 3 aliphatic carbocycles. The van der Waals surface area contributed by atoms with Crippen molar-refractivity contribution in [3.05, 3.63) is 76.9 Å². The average Bonchev–Trinajstić information content (AvgIpc) is 3.29. The fourth-order valence-corrected chi connectivity index (χ4v) is 8.43. The molecule has 2 N–H and O–H groups in total. The van der Waals surface area contributed by atoms with E-state index in [1.165, 1.54) is 80.0 Å². The first-order chi connectivity index (χ1) is 17.9. The zero-order chi connectivity index (χ0) is 25.9. The minimum Gasteiger partial charge on any atom is -0.508 e. The molecule has 0 amide bonds. The monoisotopic (exact) mass is 499 g/mol. The molecule has 0 saturated heterocycles. The van der Waals surface area contributed by atoms with Crippen molar-refractivity contribution in [1.29, 1.82) is 0 Å². The van der Waals surface area contributed by atoms with E-state index in [1.807, 2.05) is 12.1 Å². The summed E-state index contributed by atoms with van der Waals surface area (Å²) in [6.07, 6.45) is 19.5. The Morgan fingerprint density at radius 2 is 1.73 bits per heavy atom. The summed E-state index contributed by atoms with van der Waals surface area (Å²) in [6, 6.07) is 15.1. The second-order valence-electron chi connectivity index (χ2n) is 13.3. The Bertz CT molecular complexity index is 1080. The number of rotatable bonds is 8. The molecule has 3 aliphatic rings. The van der Waals surface area contributed by atoms with Crippen LogP contribution in [0.25, 0.3) is 0 Å². The molecule has 2 saturated carbocycles. The van der Waals surface area contributed by atoms with Crippen LogP contribution in [0, 0.1) is 28.6 Å². The Hall–Kier alpha value is -2.06. The zero-order valence-corrected chi connectivity index (χ0v) is 23.6. The molecule has 2 aromatic rings. The summed E-state index contributed by atoms with van der Waals surface area (Å²) >= 11 is 0. The van der Waals surface area contributed by atoms with Gasteiger partial charge in [0.1, 0.15) is 5.75 Å². The summed E-state index contributed by atoms with van der Waals surface area (Å²) in [6.45, 7) is 9.03. The van der Waals surface area contributed by atoms with E-state index in [2.05, 4.69) is 68.6 Å². The number of phenolic OH excluding ortho intramolecular Hbond substituents is 1. The number of benzene rings is 2. The van der Waals surface area contributed by atoms with Crippen LogP contribution in [-0.2, 0) is 19.4 Å². The number of hydrogen-bond acceptors (Lipinski definition) is 2. The maximum absolute atomic E-state index is 10.7. The number of nitrogens with one attached hydrogen (secondary N) is 1. The predicted molar refractivity (Wildman–Crippen MR) is 156 cm³/mol. The first kappa shape index (κ1) is 26.5. The first-order valence-electron chi connectivity index (χ1n) is 15.1. The second-order valence-corrected chi connectivity index (χ2v) is 13.3. The molecule has 0 unspecified atom stereocenters. The zero-order valence-electron chi connectivity index (χ0n) is 23.6. The highest BCUT2D eigenvalue weighted by Gasteiger charge is 2.47. The highest BCUT2D eigenvalue weighted by molar-refractivity contribution is 5.39. The van der Waals surface area contributed by atoms with Gasteiger partial charge in [-0.25, -0.2) is 0 Å². The number of phenols is 1. The molecular formula is C35H49NO. The normalized spacial score (nSPS) is 29.1. The lowest BCUT2D eigenvalue weighted by Gasteiger charge is -2.50. The van der Waals surface area contributed by atoms with Gasteiger partial charge in [0, 0.05) is 6.54 Å². The van der Waals surface area contributed by atoms with Gasteiger partial charge < -0.3 is 10.4 Å². The van der Waals surface area contributed by atoms with Crippen LogP contribution in [0.4, 0.5) is 0 Å². The highest BCUT2D eigenvalue weighted by atomic mass is 16.3. The summed E-state index contributed by atoms with van der Waals surface area (Å²) in [4.78, 5) is 0. The summed E-state index contributed by atoms with van der Waals surface area (Å²) in [7, 11) is 0. The average molecular weight is 500 g/mol. The lowest BCUT2D eigenvalue weighted by atomic mass is 9.55. The molecule has 1 spiro atoms. The van der Waals surface area contributed by atoms with Gasteiger partial charge >= 0.3 is 0 Å². The van der Waals surface area contributed by atoms with E-state index in [9.17, 15) is 5.11 Å². The van der Waals surface area contributed by atoms with Gasteiger partial charge in [-0.2, -0.15) is 0 Å². The Balaban J connectivity index is 1.35. The lowest BCUT2D eigenvalue weighted by molar-refractivity contribution is 0.0309. The van der Waals surface area contributed by atoms with Crippen molar-refractivity contribution in [3.63, 3.8) is 0 Å². The van der Waals surface area contributed by atoms with Crippen LogP contribution < -0.4 is 5.32 Å². The van der Waals surface area contributed by atoms with Gasteiger partial charge in [0.15, 0.2) is 0 Å². The van der Waals surface area contributed by atoms with E-state index in [1.54, 1.807) is 0 Å². The van der Waals surface area contributed by atoms with Gasteiger partial charge in [-0.05, 0) is 127 Å².